The SMILES string of the molecule is Cc1ccc2c(c1)C(Nc1ccc(Br)nc1C)CC2. The number of rotatable bonds is 2. The van der Waals surface area contributed by atoms with E-state index in [0.717, 1.165) is 28.8 Å². The van der Waals surface area contributed by atoms with Crippen molar-refractivity contribution < 1.29 is 0 Å². The number of aryl methyl sites for hydroxylation is 3. The zero-order valence-electron chi connectivity index (χ0n) is 11.2. The van der Waals surface area contributed by atoms with Gasteiger partial charge in [0.05, 0.1) is 17.4 Å². The highest BCUT2D eigenvalue weighted by molar-refractivity contribution is 9.10. The first-order valence-electron chi connectivity index (χ1n) is 6.62. The number of hydrogen-bond acceptors (Lipinski definition) is 2. The van der Waals surface area contributed by atoms with E-state index >= 15 is 0 Å². The van der Waals surface area contributed by atoms with E-state index in [-0.39, 0.29) is 0 Å². The van der Waals surface area contributed by atoms with Crippen molar-refractivity contribution >= 4 is 21.6 Å². The highest BCUT2D eigenvalue weighted by Crippen LogP contribution is 2.35. The molecule has 0 saturated heterocycles. The highest BCUT2D eigenvalue weighted by Gasteiger charge is 2.22. The van der Waals surface area contributed by atoms with Crippen molar-refractivity contribution in [1.29, 1.82) is 0 Å². The lowest BCUT2D eigenvalue weighted by Crippen LogP contribution is -2.09. The molecule has 0 radical (unpaired) electrons. The molecule has 3 rings (SSSR count). The molecule has 98 valence electrons. The summed E-state index contributed by atoms with van der Waals surface area (Å²) in [5, 5.41) is 3.64. The van der Waals surface area contributed by atoms with Crippen LogP contribution < -0.4 is 5.32 Å². The van der Waals surface area contributed by atoms with E-state index in [1.807, 2.05) is 13.0 Å². The molecule has 1 aliphatic carbocycles. The average Bonchev–Trinajstić information content (AvgIpc) is 2.75. The molecule has 0 aliphatic heterocycles. The fourth-order valence-corrected chi connectivity index (χ4v) is 3.14. The minimum Gasteiger partial charge on any atom is -0.377 e. The first kappa shape index (κ1) is 12.7. The molecule has 1 unspecified atom stereocenters. The Hall–Kier alpha value is -1.35. The molecule has 1 N–H and O–H groups in total. The van der Waals surface area contributed by atoms with E-state index < -0.39 is 0 Å². The summed E-state index contributed by atoms with van der Waals surface area (Å²) < 4.78 is 0.887. The topological polar surface area (TPSA) is 24.9 Å². The molecule has 1 aromatic heterocycles. The number of fused-ring (bicyclic) bond motifs is 1. The van der Waals surface area contributed by atoms with Crippen LogP contribution in [-0.4, -0.2) is 4.98 Å². The van der Waals surface area contributed by atoms with Crippen molar-refractivity contribution in [3.05, 3.63) is 57.3 Å². The van der Waals surface area contributed by atoms with Gasteiger partial charge in [0.1, 0.15) is 4.60 Å². The van der Waals surface area contributed by atoms with E-state index in [4.69, 9.17) is 0 Å². The minimum absolute atomic E-state index is 0.413. The zero-order valence-corrected chi connectivity index (χ0v) is 12.8. The van der Waals surface area contributed by atoms with Crippen LogP contribution in [-0.2, 0) is 6.42 Å². The second-order valence-electron chi connectivity index (χ2n) is 5.20. The van der Waals surface area contributed by atoms with E-state index in [1.165, 1.54) is 16.7 Å². The number of benzene rings is 1. The number of anilines is 1. The molecule has 2 nitrogen and oxygen atoms in total. The summed E-state index contributed by atoms with van der Waals surface area (Å²) in [5.74, 6) is 0. The van der Waals surface area contributed by atoms with Gasteiger partial charge < -0.3 is 5.32 Å². The molecule has 0 fully saturated rings. The van der Waals surface area contributed by atoms with Gasteiger partial charge in [0.25, 0.3) is 0 Å². The molecule has 0 saturated carbocycles. The molecule has 2 aromatic rings. The number of nitrogens with one attached hydrogen (secondary N) is 1. The molecule has 1 aliphatic rings. The van der Waals surface area contributed by atoms with E-state index in [9.17, 15) is 0 Å². The monoisotopic (exact) mass is 316 g/mol. The predicted molar refractivity (Wildman–Crippen MR) is 82.5 cm³/mol. The molecule has 0 amide bonds. The Morgan fingerprint density at radius 3 is 2.84 bits per heavy atom. The van der Waals surface area contributed by atoms with E-state index in [0.29, 0.717) is 6.04 Å². The van der Waals surface area contributed by atoms with Crippen molar-refractivity contribution in [2.45, 2.75) is 32.7 Å². The van der Waals surface area contributed by atoms with Gasteiger partial charge in [-0.15, -0.1) is 0 Å². The van der Waals surface area contributed by atoms with Gasteiger partial charge in [-0.05, 0) is 65.9 Å². The van der Waals surface area contributed by atoms with Gasteiger partial charge in [-0.25, -0.2) is 4.98 Å². The van der Waals surface area contributed by atoms with Crippen molar-refractivity contribution in [1.82, 2.24) is 4.98 Å². The standard InChI is InChI=1S/C16H17BrN2/c1-10-3-4-12-5-6-15(13(12)9-10)19-14-7-8-16(17)18-11(14)2/h3-4,7-9,15,19H,5-6H2,1-2H3. The van der Waals surface area contributed by atoms with Crippen LogP contribution in [0.25, 0.3) is 0 Å². The van der Waals surface area contributed by atoms with Gasteiger partial charge in [0.2, 0.25) is 0 Å². The van der Waals surface area contributed by atoms with E-state index in [2.05, 4.69) is 57.4 Å². The third-order valence-electron chi connectivity index (χ3n) is 3.76. The third kappa shape index (κ3) is 2.52. The minimum atomic E-state index is 0.413. The van der Waals surface area contributed by atoms with Crippen molar-refractivity contribution in [2.75, 3.05) is 5.32 Å². The molecular formula is C16H17BrN2. The summed E-state index contributed by atoms with van der Waals surface area (Å²) in [6, 6.07) is 11.3. The number of aromatic nitrogens is 1. The number of hydrogen-bond donors (Lipinski definition) is 1. The van der Waals surface area contributed by atoms with Crippen molar-refractivity contribution in [3.63, 3.8) is 0 Å². The Morgan fingerprint density at radius 2 is 2.05 bits per heavy atom. The maximum atomic E-state index is 4.44. The first-order valence-corrected chi connectivity index (χ1v) is 7.42. The lowest BCUT2D eigenvalue weighted by atomic mass is 10.0. The molecule has 1 atom stereocenters. The predicted octanol–water partition coefficient (Wildman–Crippen LogP) is 4.56. The second-order valence-corrected chi connectivity index (χ2v) is 6.02. The summed E-state index contributed by atoms with van der Waals surface area (Å²) in [7, 11) is 0. The highest BCUT2D eigenvalue weighted by atomic mass is 79.9. The quantitative estimate of drug-likeness (QED) is 0.821. The Kier molecular flexibility index (Phi) is 3.31. The van der Waals surface area contributed by atoms with Crippen LogP contribution in [0.15, 0.2) is 34.9 Å². The zero-order chi connectivity index (χ0) is 13.4. The molecule has 1 aromatic carbocycles. The van der Waals surface area contributed by atoms with Crippen LogP contribution in [0.5, 0.6) is 0 Å². The third-order valence-corrected chi connectivity index (χ3v) is 4.20. The second kappa shape index (κ2) is 4.97. The molecule has 19 heavy (non-hydrogen) atoms. The summed E-state index contributed by atoms with van der Waals surface area (Å²) in [6.45, 7) is 4.20. The summed E-state index contributed by atoms with van der Waals surface area (Å²) in [4.78, 5) is 4.44. The molecular weight excluding hydrogens is 300 g/mol. The lowest BCUT2D eigenvalue weighted by molar-refractivity contribution is 0.759. The maximum Gasteiger partial charge on any atom is 0.106 e. The van der Waals surface area contributed by atoms with Crippen LogP contribution in [0.2, 0.25) is 0 Å². The van der Waals surface area contributed by atoms with Crippen LogP contribution in [0, 0.1) is 13.8 Å². The molecule has 0 spiro atoms. The van der Waals surface area contributed by atoms with Gasteiger partial charge >= 0.3 is 0 Å². The Labute approximate surface area is 122 Å². The van der Waals surface area contributed by atoms with Crippen LogP contribution in [0.4, 0.5) is 5.69 Å². The van der Waals surface area contributed by atoms with Gasteiger partial charge in [0.15, 0.2) is 0 Å². The lowest BCUT2D eigenvalue weighted by Gasteiger charge is -2.17. The fraction of sp³-hybridized carbons (Fsp3) is 0.312. The van der Waals surface area contributed by atoms with Gasteiger partial charge in [-0.2, -0.15) is 0 Å². The number of pyridine rings is 1. The van der Waals surface area contributed by atoms with Crippen LogP contribution in [0.3, 0.4) is 0 Å². The van der Waals surface area contributed by atoms with Gasteiger partial charge in [-0.3, -0.25) is 0 Å². The molecule has 1 heterocycles. The Bertz CT molecular complexity index is 622. The fourth-order valence-electron chi connectivity index (χ4n) is 2.74. The molecule has 0 bridgehead atoms. The summed E-state index contributed by atoms with van der Waals surface area (Å²) in [6.07, 6.45) is 2.32. The van der Waals surface area contributed by atoms with Gasteiger partial charge in [0, 0.05) is 0 Å². The van der Waals surface area contributed by atoms with E-state index in [1.54, 1.807) is 0 Å². The Balaban J connectivity index is 1.88. The van der Waals surface area contributed by atoms with Crippen LogP contribution >= 0.6 is 15.9 Å². The summed E-state index contributed by atoms with van der Waals surface area (Å²) in [5.41, 5.74) is 6.42. The normalized spacial score (nSPS) is 17.3. The maximum absolute atomic E-state index is 4.44. The number of halogens is 1. The van der Waals surface area contributed by atoms with Gasteiger partial charge in [-0.1, -0.05) is 23.8 Å². The van der Waals surface area contributed by atoms with Crippen molar-refractivity contribution in [2.24, 2.45) is 0 Å². The smallest absolute Gasteiger partial charge is 0.106 e. The largest absolute Gasteiger partial charge is 0.377 e. The van der Waals surface area contributed by atoms with Crippen LogP contribution in [0.1, 0.15) is 34.8 Å². The summed E-state index contributed by atoms with van der Waals surface area (Å²) >= 11 is 3.41. The molecule has 3 heteroatoms. The van der Waals surface area contributed by atoms with Crippen molar-refractivity contribution in [3.8, 4) is 0 Å². The number of nitrogens with zero attached hydrogens (tertiary/aromatic N) is 1. The Morgan fingerprint density at radius 1 is 1.21 bits per heavy atom. The average molecular weight is 317 g/mol. The first-order chi connectivity index (χ1) is 9.13.